The summed E-state index contributed by atoms with van der Waals surface area (Å²) in [7, 11) is 0. The Balaban J connectivity index is 1.62. The van der Waals surface area contributed by atoms with Crippen LogP contribution in [0.2, 0.25) is 0 Å². The number of hydrogen-bond donors (Lipinski definition) is 2. The van der Waals surface area contributed by atoms with E-state index in [1.54, 1.807) is 0 Å². The highest BCUT2D eigenvalue weighted by molar-refractivity contribution is 5.10. The SMILES string of the molecule is C[C@]1(O)CC[C@@]2(C)C(CC[C@H]3[C@@H]4CC[C@H](O)[C@@]4(C)CC[C@@H]32)C1. The summed E-state index contributed by atoms with van der Waals surface area (Å²) in [5.41, 5.74) is 0.217. The maximum atomic E-state index is 10.5. The highest BCUT2D eigenvalue weighted by Crippen LogP contribution is 2.66. The summed E-state index contributed by atoms with van der Waals surface area (Å²) in [6.45, 7) is 6.95. The van der Waals surface area contributed by atoms with Gasteiger partial charge in [0.15, 0.2) is 0 Å². The van der Waals surface area contributed by atoms with Crippen LogP contribution in [-0.2, 0) is 0 Å². The minimum atomic E-state index is -0.427. The second kappa shape index (κ2) is 4.72. The van der Waals surface area contributed by atoms with Crippen LogP contribution in [0.1, 0.15) is 78.6 Å². The highest BCUT2D eigenvalue weighted by Gasteiger charge is 2.60. The first kappa shape index (κ1) is 15.4. The van der Waals surface area contributed by atoms with Crippen molar-refractivity contribution < 1.29 is 10.2 Å². The van der Waals surface area contributed by atoms with Gasteiger partial charge in [0.25, 0.3) is 0 Å². The van der Waals surface area contributed by atoms with Crippen molar-refractivity contribution in [1.29, 1.82) is 0 Å². The summed E-state index contributed by atoms with van der Waals surface area (Å²) in [5, 5.41) is 21.0. The highest BCUT2D eigenvalue weighted by atomic mass is 16.3. The molecule has 4 aliphatic carbocycles. The Hall–Kier alpha value is -0.0800. The molecule has 0 aromatic carbocycles. The standard InChI is InChI=1S/C20H34O2/c1-18(22)10-11-19(2)13(12-18)4-5-14-15-6-7-17(21)20(15,3)9-8-16(14)19/h13-17,21-22H,4-12H2,1-3H3/t13?,14-,15-,16-,17-,18-,19-,20-/m0/s1. The summed E-state index contributed by atoms with van der Waals surface area (Å²) < 4.78 is 0. The van der Waals surface area contributed by atoms with Gasteiger partial charge in [0, 0.05) is 0 Å². The van der Waals surface area contributed by atoms with E-state index in [2.05, 4.69) is 13.8 Å². The third-order valence-electron chi connectivity index (χ3n) is 8.90. The van der Waals surface area contributed by atoms with Crippen molar-refractivity contribution in [2.75, 3.05) is 0 Å². The van der Waals surface area contributed by atoms with Crippen molar-refractivity contribution >= 4 is 0 Å². The fourth-order valence-electron chi connectivity index (χ4n) is 7.40. The molecular formula is C20H34O2. The second-order valence-corrected chi connectivity index (χ2v) is 10.00. The summed E-state index contributed by atoms with van der Waals surface area (Å²) in [6.07, 6.45) is 10.6. The number of aliphatic hydroxyl groups is 2. The van der Waals surface area contributed by atoms with E-state index in [1.165, 1.54) is 38.5 Å². The Morgan fingerprint density at radius 3 is 2.27 bits per heavy atom. The molecule has 2 N–H and O–H groups in total. The fourth-order valence-corrected chi connectivity index (χ4v) is 7.40. The molecule has 4 rings (SSSR count). The quantitative estimate of drug-likeness (QED) is 0.706. The lowest BCUT2D eigenvalue weighted by molar-refractivity contribution is -0.150. The summed E-state index contributed by atoms with van der Waals surface area (Å²) in [6, 6.07) is 0. The van der Waals surface area contributed by atoms with Gasteiger partial charge in [-0.05, 0) is 99.2 Å². The zero-order valence-corrected chi connectivity index (χ0v) is 14.6. The van der Waals surface area contributed by atoms with Crippen LogP contribution in [-0.4, -0.2) is 21.9 Å². The van der Waals surface area contributed by atoms with Crippen LogP contribution >= 0.6 is 0 Å². The van der Waals surface area contributed by atoms with E-state index < -0.39 is 5.60 Å². The van der Waals surface area contributed by atoms with Crippen LogP contribution in [0.3, 0.4) is 0 Å². The van der Waals surface area contributed by atoms with E-state index in [0.717, 1.165) is 37.0 Å². The first-order valence-electron chi connectivity index (χ1n) is 9.67. The molecule has 4 aliphatic rings. The predicted molar refractivity (Wildman–Crippen MR) is 88.4 cm³/mol. The molecule has 2 nitrogen and oxygen atoms in total. The molecule has 0 heterocycles. The zero-order valence-electron chi connectivity index (χ0n) is 14.6. The molecule has 0 aromatic rings. The summed E-state index contributed by atoms with van der Waals surface area (Å²) in [4.78, 5) is 0. The third kappa shape index (κ3) is 1.99. The van der Waals surface area contributed by atoms with Gasteiger partial charge in [-0.25, -0.2) is 0 Å². The van der Waals surface area contributed by atoms with Gasteiger partial charge in [0.1, 0.15) is 0 Å². The molecule has 2 heteroatoms. The van der Waals surface area contributed by atoms with E-state index >= 15 is 0 Å². The molecule has 0 amide bonds. The van der Waals surface area contributed by atoms with Crippen LogP contribution in [0.5, 0.6) is 0 Å². The van der Waals surface area contributed by atoms with Crippen LogP contribution in [0.15, 0.2) is 0 Å². The van der Waals surface area contributed by atoms with Gasteiger partial charge < -0.3 is 10.2 Å². The Morgan fingerprint density at radius 1 is 0.773 bits per heavy atom. The average molecular weight is 306 g/mol. The van der Waals surface area contributed by atoms with Crippen molar-refractivity contribution in [3.63, 3.8) is 0 Å². The normalized spacial score (nSPS) is 61.2. The number of rotatable bonds is 0. The number of aliphatic hydroxyl groups excluding tert-OH is 1. The molecule has 4 fully saturated rings. The van der Waals surface area contributed by atoms with Crippen LogP contribution < -0.4 is 0 Å². The van der Waals surface area contributed by atoms with E-state index in [0.29, 0.717) is 11.3 Å². The van der Waals surface area contributed by atoms with E-state index in [4.69, 9.17) is 0 Å². The lowest BCUT2D eigenvalue weighted by atomic mass is 9.44. The first-order chi connectivity index (χ1) is 10.3. The smallest absolute Gasteiger partial charge is 0.0622 e. The molecule has 0 saturated heterocycles. The fraction of sp³-hybridized carbons (Fsp3) is 1.00. The molecule has 22 heavy (non-hydrogen) atoms. The third-order valence-corrected chi connectivity index (χ3v) is 8.90. The van der Waals surface area contributed by atoms with Gasteiger partial charge in [0.05, 0.1) is 11.7 Å². The van der Waals surface area contributed by atoms with Gasteiger partial charge in [-0.15, -0.1) is 0 Å². The van der Waals surface area contributed by atoms with E-state index in [-0.39, 0.29) is 11.5 Å². The van der Waals surface area contributed by atoms with E-state index in [1.807, 2.05) is 6.92 Å². The van der Waals surface area contributed by atoms with Crippen LogP contribution in [0.4, 0.5) is 0 Å². The first-order valence-corrected chi connectivity index (χ1v) is 9.67. The van der Waals surface area contributed by atoms with Crippen molar-refractivity contribution in [1.82, 2.24) is 0 Å². The second-order valence-electron chi connectivity index (χ2n) is 10.00. The predicted octanol–water partition coefficient (Wildman–Crippen LogP) is 4.14. The maximum absolute atomic E-state index is 10.5. The van der Waals surface area contributed by atoms with Gasteiger partial charge in [-0.3, -0.25) is 0 Å². The number of hydrogen-bond acceptors (Lipinski definition) is 2. The van der Waals surface area contributed by atoms with Gasteiger partial charge in [0.2, 0.25) is 0 Å². The van der Waals surface area contributed by atoms with Gasteiger partial charge >= 0.3 is 0 Å². The van der Waals surface area contributed by atoms with Crippen molar-refractivity contribution in [2.24, 2.45) is 34.5 Å². The molecule has 126 valence electrons. The van der Waals surface area contributed by atoms with Gasteiger partial charge in [-0.1, -0.05) is 13.8 Å². The van der Waals surface area contributed by atoms with Crippen LogP contribution in [0, 0.1) is 34.5 Å². The molecule has 0 spiro atoms. The monoisotopic (exact) mass is 306 g/mol. The number of fused-ring (bicyclic) bond motifs is 5. The van der Waals surface area contributed by atoms with Crippen molar-refractivity contribution in [3.8, 4) is 0 Å². The lowest BCUT2D eigenvalue weighted by Crippen LogP contribution is -2.55. The minimum absolute atomic E-state index is 0.0592. The Bertz CT molecular complexity index is 459. The molecule has 0 radical (unpaired) electrons. The molecule has 1 unspecified atom stereocenters. The molecule has 8 atom stereocenters. The lowest BCUT2D eigenvalue weighted by Gasteiger charge is -2.61. The minimum Gasteiger partial charge on any atom is -0.393 e. The topological polar surface area (TPSA) is 40.5 Å². The Labute approximate surface area is 135 Å². The molecule has 0 aromatic heterocycles. The van der Waals surface area contributed by atoms with Crippen molar-refractivity contribution in [2.45, 2.75) is 90.3 Å². The summed E-state index contributed by atoms with van der Waals surface area (Å²) >= 11 is 0. The molecule has 0 aliphatic heterocycles. The van der Waals surface area contributed by atoms with Crippen LogP contribution in [0.25, 0.3) is 0 Å². The molecule has 0 bridgehead atoms. The molecular weight excluding hydrogens is 272 g/mol. The Morgan fingerprint density at radius 2 is 1.50 bits per heavy atom. The molecule has 4 saturated carbocycles. The maximum Gasteiger partial charge on any atom is 0.0622 e. The largest absolute Gasteiger partial charge is 0.393 e. The summed E-state index contributed by atoms with van der Waals surface area (Å²) in [5.74, 6) is 3.14. The van der Waals surface area contributed by atoms with Crippen molar-refractivity contribution in [3.05, 3.63) is 0 Å². The van der Waals surface area contributed by atoms with E-state index in [9.17, 15) is 10.2 Å². The average Bonchev–Trinajstić information content (AvgIpc) is 2.76. The Kier molecular flexibility index (Phi) is 3.32. The zero-order chi connectivity index (χ0) is 15.8. The van der Waals surface area contributed by atoms with Gasteiger partial charge in [-0.2, -0.15) is 0 Å².